The SMILES string of the molecule is C=C(C)C(=O)OCCOC(=O)C(=CCC)C(C)=O. The lowest BCUT2D eigenvalue weighted by Crippen LogP contribution is -2.18. The second kappa shape index (κ2) is 8.22. The Labute approximate surface area is 106 Å². The zero-order valence-corrected chi connectivity index (χ0v) is 10.9. The third-order valence-electron chi connectivity index (χ3n) is 1.91. The van der Waals surface area contributed by atoms with Gasteiger partial charge in [0.25, 0.3) is 0 Å². The summed E-state index contributed by atoms with van der Waals surface area (Å²) in [4.78, 5) is 33.6. The summed E-state index contributed by atoms with van der Waals surface area (Å²) < 4.78 is 9.55. The summed E-state index contributed by atoms with van der Waals surface area (Å²) in [6.07, 6.45) is 2.07. The molecule has 5 nitrogen and oxygen atoms in total. The molecule has 0 aliphatic heterocycles. The lowest BCUT2D eigenvalue weighted by atomic mass is 10.1. The number of carbonyl (C=O) groups is 3. The molecule has 100 valence electrons. The first-order valence-corrected chi connectivity index (χ1v) is 5.61. The fourth-order valence-electron chi connectivity index (χ4n) is 1.04. The summed E-state index contributed by atoms with van der Waals surface area (Å²) in [7, 11) is 0. The molecule has 0 bridgehead atoms. The van der Waals surface area contributed by atoms with Gasteiger partial charge in [-0.15, -0.1) is 0 Å². The predicted molar refractivity (Wildman–Crippen MR) is 65.8 cm³/mol. The number of Topliss-reactive ketones (excluding diaryl/α,β-unsaturated/α-hetero) is 1. The molecule has 0 fully saturated rings. The second-order valence-corrected chi connectivity index (χ2v) is 3.63. The number of esters is 2. The molecule has 0 amide bonds. The molecule has 0 spiro atoms. The molecule has 0 aromatic rings. The Kier molecular flexibility index (Phi) is 7.35. The molecule has 0 unspecified atom stereocenters. The minimum atomic E-state index is -0.698. The predicted octanol–water partition coefficient (Wildman–Crippen LogP) is 1.57. The highest BCUT2D eigenvalue weighted by molar-refractivity contribution is 6.16. The Morgan fingerprint density at radius 1 is 1.06 bits per heavy atom. The van der Waals surface area contributed by atoms with Gasteiger partial charge in [-0.25, -0.2) is 9.59 Å². The van der Waals surface area contributed by atoms with Crippen LogP contribution in [0.3, 0.4) is 0 Å². The molecule has 0 aromatic heterocycles. The fraction of sp³-hybridized carbons (Fsp3) is 0.462. The number of ketones is 1. The highest BCUT2D eigenvalue weighted by Gasteiger charge is 2.15. The van der Waals surface area contributed by atoms with Gasteiger partial charge in [-0.3, -0.25) is 4.79 Å². The largest absolute Gasteiger partial charge is 0.459 e. The van der Waals surface area contributed by atoms with E-state index in [2.05, 4.69) is 6.58 Å². The Bertz CT molecular complexity index is 379. The Morgan fingerprint density at radius 3 is 1.94 bits per heavy atom. The van der Waals surface area contributed by atoms with Gasteiger partial charge in [-0.05, 0) is 20.3 Å². The number of hydrogen-bond donors (Lipinski definition) is 0. The van der Waals surface area contributed by atoms with E-state index in [9.17, 15) is 14.4 Å². The maximum absolute atomic E-state index is 11.5. The molecule has 0 aromatic carbocycles. The summed E-state index contributed by atoms with van der Waals surface area (Å²) in [5.74, 6) is -1.58. The van der Waals surface area contributed by atoms with Gasteiger partial charge in [0, 0.05) is 5.57 Å². The van der Waals surface area contributed by atoms with Crippen molar-refractivity contribution in [1.82, 2.24) is 0 Å². The standard InChI is InChI=1S/C13H18O5/c1-5-6-11(10(4)14)13(16)18-8-7-17-12(15)9(2)3/h6H,2,5,7-8H2,1,3-4H3. The van der Waals surface area contributed by atoms with Crippen LogP contribution in [0.25, 0.3) is 0 Å². The number of ether oxygens (including phenoxy) is 2. The van der Waals surface area contributed by atoms with E-state index in [0.717, 1.165) is 0 Å². The van der Waals surface area contributed by atoms with Gasteiger partial charge in [0.2, 0.25) is 0 Å². The van der Waals surface area contributed by atoms with Gasteiger partial charge in [0.1, 0.15) is 13.2 Å². The first-order valence-electron chi connectivity index (χ1n) is 5.61. The van der Waals surface area contributed by atoms with Gasteiger partial charge < -0.3 is 9.47 Å². The summed E-state index contributed by atoms with van der Waals surface area (Å²) in [6, 6.07) is 0. The van der Waals surface area contributed by atoms with Crippen molar-refractivity contribution < 1.29 is 23.9 Å². The number of rotatable bonds is 7. The first-order chi connectivity index (χ1) is 8.40. The van der Waals surface area contributed by atoms with Crippen LogP contribution in [0.5, 0.6) is 0 Å². The minimum absolute atomic E-state index is 0.0173. The van der Waals surface area contributed by atoms with Crippen LogP contribution in [0.2, 0.25) is 0 Å². The monoisotopic (exact) mass is 254 g/mol. The van der Waals surface area contributed by atoms with E-state index in [0.29, 0.717) is 6.42 Å². The molecule has 0 aliphatic carbocycles. The molecular weight excluding hydrogens is 236 g/mol. The molecule has 0 atom stereocenters. The van der Waals surface area contributed by atoms with Crippen molar-refractivity contribution in [3.63, 3.8) is 0 Å². The number of hydrogen-bond acceptors (Lipinski definition) is 5. The quantitative estimate of drug-likeness (QED) is 0.227. The zero-order chi connectivity index (χ0) is 14.1. The highest BCUT2D eigenvalue weighted by Crippen LogP contribution is 2.02. The van der Waals surface area contributed by atoms with Crippen molar-refractivity contribution in [2.24, 2.45) is 0 Å². The number of allylic oxidation sites excluding steroid dienone is 1. The van der Waals surface area contributed by atoms with Gasteiger partial charge in [-0.2, -0.15) is 0 Å². The molecule has 18 heavy (non-hydrogen) atoms. The minimum Gasteiger partial charge on any atom is -0.459 e. The van der Waals surface area contributed by atoms with E-state index in [1.165, 1.54) is 19.9 Å². The van der Waals surface area contributed by atoms with Crippen molar-refractivity contribution in [2.45, 2.75) is 27.2 Å². The van der Waals surface area contributed by atoms with Crippen LogP contribution < -0.4 is 0 Å². The van der Waals surface area contributed by atoms with Crippen LogP contribution in [-0.4, -0.2) is 30.9 Å². The van der Waals surface area contributed by atoms with E-state index in [-0.39, 0.29) is 30.1 Å². The normalized spacial score (nSPS) is 10.7. The highest BCUT2D eigenvalue weighted by atomic mass is 16.6. The van der Waals surface area contributed by atoms with Crippen LogP contribution in [-0.2, 0) is 23.9 Å². The van der Waals surface area contributed by atoms with E-state index in [1.807, 2.05) is 6.92 Å². The molecule has 0 saturated heterocycles. The fourth-order valence-corrected chi connectivity index (χ4v) is 1.04. The van der Waals surface area contributed by atoms with Crippen LogP contribution >= 0.6 is 0 Å². The van der Waals surface area contributed by atoms with Crippen molar-refractivity contribution >= 4 is 17.7 Å². The Hall–Kier alpha value is -1.91. The maximum atomic E-state index is 11.5. The summed E-state index contributed by atoms with van der Waals surface area (Å²) >= 11 is 0. The van der Waals surface area contributed by atoms with Gasteiger partial charge in [0.05, 0.1) is 5.57 Å². The maximum Gasteiger partial charge on any atom is 0.341 e. The number of carbonyl (C=O) groups excluding carboxylic acids is 3. The second-order valence-electron chi connectivity index (χ2n) is 3.63. The van der Waals surface area contributed by atoms with Crippen LogP contribution in [0.4, 0.5) is 0 Å². The average Bonchev–Trinajstić information content (AvgIpc) is 2.30. The topological polar surface area (TPSA) is 69.7 Å². The summed E-state index contributed by atoms with van der Waals surface area (Å²) in [6.45, 7) is 7.88. The molecule has 0 N–H and O–H groups in total. The van der Waals surface area contributed by atoms with E-state index in [4.69, 9.17) is 9.47 Å². The molecule has 0 saturated carbocycles. The van der Waals surface area contributed by atoms with Crippen molar-refractivity contribution in [3.05, 3.63) is 23.8 Å². The van der Waals surface area contributed by atoms with E-state index >= 15 is 0 Å². The van der Waals surface area contributed by atoms with Crippen LogP contribution in [0.15, 0.2) is 23.8 Å². The van der Waals surface area contributed by atoms with Crippen LogP contribution in [0, 0.1) is 0 Å². The molecule has 5 heteroatoms. The molecule has 0 rings (SSSR count). The molecular formula is C13H18O5. The Morgan fingerprint density at radius 2 is 1.56 bits per heavy atom. The first kappa shape index (κ1) is 16.1. The van der Waals surface area contributed by atoms with E-state index in [1.54, 1.807) is 0 Å². The zero-order valence-electron chi connectivity index (χ0n) is 10.9. The summed E-state index contributed by atoms with van der Waals surface area (Å²) in [5, 5.41) is 0. The van der Waals surface area contributed by atoms with Gasteiger partial charge in [-0.1, -0.05) is 19.6 Å². The molecule has 0 aliphatic rings. The summed E-state index contributed by atoms with van der Waals surface area (Å²) in [5.41, 5.74) is 0.292. The lowest BCUT2D eigenvalue weighted by molar-refractivity contribution is -0.148. The van der Waals surface area contributed by atoms with Crippen LogP contribution in [0.1, 0.15) is 27.2 Å². The average molecular weight is 254 g/mol. The van der Waals surface area contributed by atoms with Gasteiger partial charge >= 0.3 is 11.9 Å². The van der Waals surface area contributed by atoms with Gasteiger partial charge in [0.15, 0.2) is 5.78 Å². The third-order valence-corrected chi connectivity index (χ3v) is 1.91. The Balaban J connectivity index is 4.11. The molecule has 0 heterocycles. The van der Waals surface area contributed by atoms with Crippen molar-refractivity contribution in [1.29, 1.82) is 0 Å². The van der Waals surface area contributed by atoms with Crippen molar-refractivity contribution in [2.75, 3.05) is 13.2 Å². The lowest BCUT2D eigenvalue weighted by Gasteiger charge is -2.07. The molecule has 0 radical (unpaired) electrons. The smallest absolute Gasteiger partial charge is 0.341 e. The van der Waals surface area contributed by atoms with E-state index < -0.39 is 11.9 Å². The third kappa shape index (κ3) is 5.98. The van der Waals surface area contributed by atoms with Crippen molar-refractivity contribution in [3.8, 4) is 0 Å².